The summed E-state index contributed by atoms with van der Waals surface area (Å²) in [7, 11) is 3.08. The number of rotatable bonds is 8. The lowest BCUT2D eigenvalue weighted by atomic mass is 10.1. The first-order valence-electron chi connectivity index (χ1n) is 5.59. The lowest BCUT2D eigenvalue weighted by molar-refractivity contribution is 0.0581. The molecule has 0 aliphatic carbocycles. The third-order valence-electron chi connectivity index (χ3n) is 2.50. The van der Waals surface area contributed by atoms with Crippen molar-refractivity contribution in [3.63, 3.8) is 0 Å². The predicted octanol–water partition coefficient (Wildman–Crippen LogP) is 1.00. The number of ether oxygens (including phenoxy) is 3. The molecule has 1 aromatic rings. The van der Waals surface area contributed by atoms with E-state index >= 15 is 0 Å². The van der Waals surface area contributed by atoms with E-state index in [1.807, 2.05) is 0 Å². The minimum absolute atomic E-state index is 0.267. The van der Waals surface area contributed by atoms with Gasteiger partial charge in [0, 0.05) is 18.7 Å². The van der Waals surface area contributed by atoms with Gasteiger partial charge in [-0.3, -0.25) is 11.3 Å². The molecule has 1 aromatic carbocycles. The second-order valence-electron chi connectivity index (χ2n) is 3.67. The van der Waals surface area contributed by atoms with E-state index in [9.17, 15) is 4.39 Å². The molecule has 0 radical (unpaired) electrons. The lowest BCUT2D eigenvalue weighted by Gasteiger charge is -2.17. The molecule has 1 rings (SSSR count). The monoisotopic (exact) mass is 258 g/mol. The van der Waals surface area contributed by atoms with Crippen LogP contribution in [-0.4, -0.2) is 34.0 Å². The third-order valence-corrected chi connectivity index (χ3v) is 2.50. The second kappa shape index (κ2) is 7.99. The van der Waals surface area contributed by atoms with Gasteiger partial charge in [0.05, 0.1) is 33.0 Å². The van der Waals surface area contributed by atoms with E-state index in [2.05, 4.69) is 5.43 Å². The van der Waals surface area contributed by atoms with Gasteiger partial charge in [-0.2, -0.15) is 0 Å². The molecular formula is C12H19FN2O3. The van der Waals surface area contributed by atoms with Crippen molar-refractivity contribution in [3.05, 3.63) is 29.6 Å². The highest BCUT2D eigenvalue weighted by molar-refractivity contribution is 5.30. The molecule has 6 heteroatoms. The molecule has 5 nitrogen and oxygen atoms in total. The zero-order chi connectivity index (χ0) is 13.4. The molecule has 102 valence electrons. The van der Waals surface area contributed by atoms with Crippen molar-refractivity contribution in [2.45, 2.75) is 6.04 Å². The molecule has 0 heterocycles. The maximum absolute atomic E-state index is 13.8. The van der Waals surface area contributed by atoms with Crippen LogP contribution >= 0.6 is 0 Å². The molecule has 1 atom stereocenters. The summed E-state index contributed by atoms with van der Waals surface area (Å²) in [6, 6.07) is 4.21. The summed E-state index contributed by atoms with van der Waals surface area (Å²) in [6.07, 6.45) is 0. The van der Waals surface area contributed by atoms with Crippen LogP contribution in [0.2, 0.25) is 0 Å². The average molecular weight is 258 g/mol. The summed E-state index contributed by atoms with van der Waals surface area (Å²) in [5.74, 6) is 5.48. The van der Waals surface area contributed by atoms with Gasteiger partial charge in [-0.05, 0) is 6.07 Å². The molecule has 0 amide bonds. The SMILES string of the molecule is COCCOCC(NN)c1ccc(OC)cc1F. The normalized spacial score (nSPS) is 12.4. The van der Waals surface area contributed by atoms with Gasteiger partial charge in [0.15, 0.2) is 0 Å². The Balaban J connectivity index is 2.63. The topological polar surface area (TPSA) is 65.7 Å². The molecule has 0 fully saturated rings. The first kappa shape index (κ1) is 14.8. The molecule has 18 heavy (non-hydrogen) atoms. The van der Waals surface area contributed by atoms with E-state index in [4.69, 9.17) is 20.1 Å². The molecule has 0 spiro atoms. The fraction of sp³-hybridized carbons (Fsp3) is 0.500. The van der Waals surface area contributed by atoms with E-state index in [-0.39, 0.29) is 12.4 Å². The molecule has 0 aromatic heterocycles. The average Bonchev–Trinajstić information content (AvgIpc) is 2.39. The van der Waals surface area contributed by atoms with Crippen LogP contribution in [0.4, 0.5) is 4.39 Å². The Bertz CT molecular complexity index is 363. The Morgan fingerprint density at radius 3 is 2.67 bits per heavy atom. The van der Waals surface area contributed by atoms with Crippen molar-refractivity contribution in [2.75, 3.05) is 34.0 Å². The zero-order valence-electron chi connectivity index (χ0n) is 10.6. The summed E-state index contributed by atoms with van der Waals surface area (Å²) in [5.41, 5.74) is 2.97. The van der Waals surface area contributed by atoms with Gasteiger partial charge in [0.1, 0.15) is 11.6 Å². The van der Waals surface area contributed by atoms with Crippen LogP contribution in [0.3, 0.4) is 0 Å². The van der Waals surface area contributed by atoms with Crippen molar-refractivity contribution in [2.24, 2.45) is 5.84 Å². The lowest BCUT2D eigenvalue weighted by Crippen LogP contribution is -2.32. The van der Waals surface area contributed by atoms with E-state index < -0.39 is 6.04 Å². The molecular weight excluding hydrogens is 239 g/mol. The van der Waals surface area contributed by atoms with Crippen LogP contribution in [0.25, 0.3) is 0 Å². The maximum atomic E-state index is 13.8. The Hall–Kier alpha value is -1.21. The highest BCUT2D eigenvalue weighted by Crippen LogP contribution is 2.21. The van der Waals surface area contributed by atoms with Crippen molar-refractivity contribution in [3.8, 4) is 5.75 Å². The van der Waals surface area contributed by atoms with Gasteiger partial charge >= 0.3 is 0 Å². The first-order chi connectivity index (χ1) is 8.72. The predicted molar refractivity (Wildman–Crippen MR) is 65.7 cm³/mol. The van der Waals surface area contributed by atoms with Gasteiger partial charge in [-0.25, -0.2) is 4.39 Å². The van der Waals surface area contributed by atoms with Gasteiger partial charge in [0.2, 0.25) is 0 Å². The highest BCUT2D eigenvalue weighted by atomic mass is 19.1. The highest BCUT2D eigenvalue weighted by Gasteiger charge is 2.15. The number of nitrogens with one attached hydrogen (secondary N) is 1. The van der Waals surface area contributed by atoms with Crippen molar-refractivity contribution >= 4 is 0 Å². The zero-order valence-corrected chi connectivity index (χ0v) is 10.6. The summed E-state index contributed by atoms with van der Waals surface area (Å²) in [4.78, 5) is 0. The van der Waals surface area contributed by atoms with E-state index in [1.165, 1.54) is 13.2 Å². The minimum Gasteiger partial charge on any atom is -0.497 e. The molecule has 0 bridgehead atoms. The van der Waals surface area contributed by atoms with Gasteiger partial charge in [-0.15, -0.1) is 0 Å². The number of nitrogens with two attached hydrogens (primary N) is 1. The van der Waals surface area contributed by atoms with Crippen LogP contribution in [-0.2, 0) is 9.47 Å². The number of halogens is 1. The van der Waals surface area contributed by atoms with Gasteiger partial charge in [-0.1, -0.05) is 6.07 Å². The Labute approximate surface area is 106 Å². The first-order valence-corrected chi connectivity index (χ1v) is 5.59. The fourth-order valence-corrected chi connectivity index (χ4v) is 1.49. The quantitative estimate of drug-likeness (QED) is 0.414. The number of hydrazine groups is 1. The Kier molecular flexibility index (Phi) is 6.59. The smallest absolute Gasteiger partial charge is 0.131 e. The van der Waals surface area contributed by atoms with Crippen LogP contribution in [0, 0.1) is 5.82 Å². The van der Waals surface area contributed by atoms with Crippen molar-refractivity contribution in [1.29, 1.82) is 0 Å². The molecule has 1 unspecified atom stereocenters. The maximum Gasteiger partial charge on any atom is 0.131 e. The van der Waals surface area contributed by atoms with Gasteiger partial charge in [0.25, 0.3) is 0 Å². The van der Waals surface area contributed by atoms with Gasteiger partial charge < -0.3 is 14.2 Å². The van der Waals surface area contributed by atoms with Crippen molar-refractivity contribution in [1.82, 2.24) is 5.43 Å². The Morgan fingerprint density at radius 1 is 1.33 bits per heavy atom. The summed E-state index contributed by atoms with van der Waals surface area (Å²) in [6.45, 7) is 1.19. The summed E-state index contributed by atoms with van der Waals surface area (Å²) in [5, 5.41) is 0. The van der Waals surface area contributed by atoms with E-state index in [0.717, 1.165) is 0 Å². The summed E-state index contributed by atoms with van der Waals surface area (Å²) >= 11 is 0. The standard InChI is InChI=1S/C12H19FN2O3/c1-16-5-6-18-8-12(15-14)10-4-3-9(17-2)7-11(10)13/h3-4,7,12,15H,5-6,8,14H2,1-2H3. The summed E-state index contributed by atoms with van der Waals surface area (Å²) < 4.78 is 28.9. The fourth-order valence-electron chi connectivity index (χ4n) is 1.49. The van der Waals surface area contributed by atoms with Crippen molar-refractivity contribution < 1.29 is 18.6 Å². The van der Waals surface area contributed by atoms with Crippen LogP contribution < -0.4 is 16.0 Å². The van der Waals surface area contributed by atoms with Crippen LogP contribution in [0.5, 0.6) is 5.75 Å². The molecule has 3 N–H and O–H groups in total. The molecule has 0 aliphatic heterocycles. The second-order valence-corrected chi connectivity index (χ2v) is 3.67. The third kappa shape index (κ3) is 4.23. The molecule has 0 saturated carbocycles. The number of hydrogen-bond acceptors (Lipinski definition) is 5. The molecule has 0 aliphatic rings. The Morgan fingerprint density at radius 2 is 2.11 bits per heavy atom. The number of hydrogen-bond donors (Lipinski definition) is 2. The van der Waals surface area contributed by atoms with E-state index in [0.29, 0.717) is 24.5 Å². The van der Waals surface area contributed by atoms with Crippen LogP contribution in [0.1, 0.15) is 11.6 Å². The largest absolute Gasteiger partial charge is 0.497 e. The minimum atomic E-state index is -0.409. The van der Waals surface area contributed by atoms with Crippen LogP contribution in [0.15, 0.2) is 18.2 Å². The number of methoxy groups -OCH3 is 2. The number of benzene rings is 1. The molecule has 0 saturated heterocycles. The van der Waals surface area contributed by atoms with E-state index in [1.54, 1.807) is 19.2 Å².